The molecule has 5 aromatic rings. The van der Waals surface area contributed by atoms with E-state index in [2.05, 4.69) is 33.8 Å². The van der Waals surface area contributed by atoms with Crippen molar-refractivity contribution in [3.63, 3.8) is 0 Å². The molecule has 4 aromatic carbocycles. The van der Waals surface area contributed by atoms with Crippen molar-refractivity contribution in [2.24, 2.45) is 0 Å². The van der Waals surface area contributed by atoms with Gasteiger partial charge in [0.25, 0.3) is 15.9 Å². The van der Waals surface area contributed by atoms with E-state index in [0.717, 1.165) is 60.1 Å². The van der Waals surface area contributed by atoms with Crippen LogP contribution in [0, 0.1) is 0 Å². The van der Waals surface area contributed by atoms with Gasteiger partial charge in [0.2, 0.25) is 0 Å². The number of hydrogen-bond donors (Lipinski definition) is 3. The van der Waals surface area contributed by atoms with Crippen LogP contribution in [-0.4, -0.2) is 36.5 Å². The first-order chi connectivity index (χ1) is 22.3. The molecule has 0 bridgehead atoms. The number of imidazole rings is 1. The Morgan fingerprint density at radius 1 is 0.826 bits per heavy atom. The van der Waals surface area contributed by atoms with Crippen molar-refractivity contribution in [2.45, 2.75) is 57.4 Å². The summed E-state index contributed by atoms with van der Waals surface area (Å²) in [5, 5.41) is 5.78. The Morgan fingerprint density at radius 3 is 2.28 bits per heavy atom. The summed E-state index contributed by atoms with van der Waals surface area (Å²) in [5.41, 5.74) is 5.23. The highest BCUT2D eigenvalue weighted by atomic mass is 32.2. The molecule has 3 amide bonds. The number of carbonyl (C=O) groups is 2. The molecule has 3 N–H and O–H groups in total. The van der Waals surface area contributed by atoms with Gasteiger partial charge in [-0.2, -0.15) is 0 Å². The maximum Gasteiger partial charge on any atom is 0.319 e. The molecule has 0 unspecified atom stereocenters. The first-order valence-corrected chi connectivity index (χ1v) is 17.1. The molecule has 0 saturated carbocycles. The van der Waals surface area contributed by atoms with Gasteiger partial charge in [0.15, 0.2) is 0 Å². The van der Waals surface area contributed by atoms with Gasteiger partial charge in [-0.25, -0.2) is 22.9 Å². The maximum absolute atomic E-state index is 13.2. The number of aryl methyl sites for hydroxylation is 1. The van der Waals surface area contributed by atoms with E-state index in [9.17, 15) is 18.0 Å². The quantitative estimate of drug-likeness (QED) is 0.119. The highest BCUT2D eigenvalue weighted by Gasteiger charge is 2.21. The largest absolute Gasteiger partial charge is 0.338 e. The van der Waals surface area contributed by atoms with E-state index < -0.39 is 15.9 Å². The Kier molecular flexibility index (Phi) is 10.5. The van der Waals surface area contributed by atoms with Gasteiger partial charge in [-0.1, -0.05) is 87.4 Å². The second-order valence-electron chi connectivity index (χ2n) is 11.1. The molecular formula is C36H39N5O4S. The number of amides is 3. The minimum absolute atomic E-state index is 0.0240. The second kappa shape index (κ2) is 14.9. The summed E-state index contributed by atoms with van der Waals surface area (Å²) in [6.07, 6.45) is 4.82. The molecule has 5 rings (SSSR count). The third-order valence-corrected chi connectivity index (χ3v) is 9.06. The van der Waals surface area contributed by atoms with Crippen LogP contribution in [0.2, 0.25) is 0 Å². The van der Waals surface area contributed by atoms with Gasteiger partial charge in [0.05, 0.1) is 15.9 Å². The van der Waals surface area contributed by atoms with Crippen molar-refractivity contribution in [3.05, 3.63) is 114 Å². The molecule has 1 aromatic heterocycles. The molecule has 10 heteroatoms. The molecule has 238 valence electrons. The first-order valence-electron chi connectivity index (χ1n) is 15.6. The highest BCUT2D eigenvalue weighted by Crippen LogP contribution is 2.27. The third kappa shape index (κ3) is 7.81. The number of nitrogens with zero attached hydrogens (tertiary/aromatic N) is 2. The van der Waals surface area contributed by atoms with Crippen molar-refractivity contribution in [1.82, 2.24) is 19.6 Å². The summed E-state index contributed by atoms with van der Waals surface area (Å²) in [7, 11) is -4.02. The molecule has 0 aliphatic heterocycles. The summed E-state index contributed by atoms with van der Waals surface area (Å²) >= 11 is 0. The Balaban J connectivity index is 1.36. The van der Waals surface area contributed by atoms with Gasteiger partial charge in [-0.3, -0.25) is 4.79 Å². The molecule has 0 radical (unpaired) electrons. The zero-order chi connectivity index (χ0) is 32.5. The summed E-state index contributed by atoms with van der Waals surface area (Å²) < 4.78 is 30.0. The van der Waals surface area contributed by atoms with Crippen LogP contribution in [-0.2, 0) is 23.0 Å². The fraction of sp³-hybridized carbons (Fsp3) is 0.250. The number of unbranched alkanes of at least 4 members (excludes halogenated alkanes) is 2. The number of hydrogen-bond acceptors (Lipinski definition) is 5. The standard InChI is InChI=1S/C36H39N5O4S/c1-3-5-16-34-39-32-24-28(38-36(43)37-23-6-4-2)21-22-33(32)41(34)25-26-17-19-27(20-18-26)30-14-10-11-15-31(30)35(42)40-46(44,45)29-12-8-7-9-13-29/h7-15,17-22,24H,3-6,16,23,25H2,1-2H3,(H,40,42)(H2,37,38,43). The number of nitrogens with one attached hydrogen (secondary N) is 3. The molecule has 9 nitrogen and oxygen atoms in total. The average Bonchev–Trinajstić information content (AvgIpc) is 3.40. The van der Waals surface area contributed by atoms with Gasteiger partial charge in [0, 0.05) is 30.8 Å². The lowest BCUT2D eigenvalue weighted by atomic mass is 9.98. The topological polar surface area (TPSA) is 122 Å². The lowest BCUT2D eigenvalue weighted by Crippen LogP contribution is -2.30. The van der Waals surface area contributed by atoms with E-state index in [1.807, 2.05) is 48.5 Å². The lowest BCUT2D eigenvalue weighted by Gasteiger charge is -2.13. The molecule has 1 heterocycles. The molecule has 46 heavy (non-hydrogen) atoms. The minimum atomic E-state index is -4.02. The van der Waals surface area contributed by atoms with Crippen LogP contribution >= 0.6 is 0 Å². The Hall–Kier alpha value is -4.96. The van der Waals surface area contributed by atoms with Crippen molar-refractivity contribution >= 4 is 38.7 Å². The number of benzene rings is 4. The lowest BCUT2D eigenvalue weighted by molar-refractivity contribution is 0.0982. The predicted octanol–water partition coefficient (Wildman–Crippen LogP) is 7.13. The number of fused-ring (bicyclic) bond motifs is 1. The number of anilines is 1. The SMILES string of the molecule is CCCCNC(=O)Nc1ccc2c(c1)nc(CCCC)n2Cc1ccc(-c2ccccc2C(=O)NS(=O)(=O)c2ccccc2)cc1. The van der Waals surface area contributed by atoms with E-state index in [1.165, 1.54) is 12.1 Å². The monoisotopic (exact) mass is 637 g/mol. The molecule has 0 fully saturated rings. The van der Waals surface area contributed by atoms with Crippen molar-refractivity contribution in [3.8, 4) is 11.1 Å². The molecule has 0 spiro atoms. The van der Waals surface area contributed by atoms with E-state index >= 15 is 0 Å². The fourth-order valence-electron chi connectivity index (χ4n) is 5.25. The van der Waals surface area contributed by atoms with Crippen molar-refractivity contribution in [1.29, 1.82) is 0 Å². The predicted molar refractivity (Wildman–Crippen MR) is 182 cm³/mol. The molecule has 0 aliphatic rings. The van der Waals surface area contributed by atoms with Gasteiger partial charge in [-0.05, 0) is 65.9 Å². The van der Waals surface area contributed by atoms with Crippen LogP contribution in [0.5, 0.6) is 0 Å². The van der Waals surface area contributed by atoms with Crippen LogP contribution in [0.15, 0.2) is 102 Å². The Labute approximate surface area is 270 Å². The minimum Gasteiger partial charge on any atom is -0.338 e. The van der Waals surface area contributed by atoms with Gasteiger partial charge in [0.1, 0.15) is 5.82 Å². The van der Waals surface area contributed by atoms with Gasteiger partial charge in [-0.15, -0.1) is 0 Å². The van der Waals surface area contributed by atoms with Crippen LogP contribution in [0.25, 0.3) is 22.2 Å². The molecule has 0 aliphatic carbocycles. The van der Waals surface area contributed by atoms with E-state index in [0.29, 0.717) is 24.3 Å². The summed E-state index contributed by atoms with van der Waals surface area (Å²) in [6.45, 7) is 5.46. The highest BCUT2D eigenvalue weighted by molar-refractivity contribution is 7.90. The van der Waals surface area contributed by atoms with Gasteiger partial charge >= 0.3 is 6.03 Å². The van der Waals surface area contributed by atoms with E-state index in [-0.39, 0.29) is 16.5 Å². The molecule has 0 saturated heterocycles. The normalized spacial score (nSPS) is 11.3. The zero-order valence-corrected chi connectivity index (χ0v) is 26.9. The number of urea groups is 1. The van der Waals surface area contributed by atoms with Crippen LogP contribution in [0.1, 0.15) is 61.3 Å². The smallest absolute Gasteiger partial charge is 0.319 e. The van der Waals surface area contributed by atoms with E-state index in [1.54, 1.807) is 36.4 Å². The zero-order valence-electron chi connectivity index (χ0n) is 26.1. The summed E-state index contributed by atoms with van der Waals surface area (Å²) in [6, 6.07) is 28.3. The van der Waals surface area contributed by atoms with Crippen LogP contribution in [0.3, 0.4) is 0 Å². The summed E-state index contributed by atoms with van der Waals surface area (Å²) in [4.78, 5) is 30.4. The van der Waals surface area contributed by atoms with Crippen LogP contribution in [0.4, 0.5) is 10.5 Å². The van der Waals surface area contributed by atoms with Gasteiger partial charge < -0.3 is 15.2 Å². The van der Waals surface area contributed by atoms with Crippen LogP contribution < -0.4 is 15.4 Å². The molecular weight excluding hydrogens is 598 g/mol. The summed E-state index contributed by atoms with van der Waals surface area (Å²) in [5.74, 6) is 0.286. The van der Waals surface area contributed by atoms with Crippen molar-refractivity contribution in [2.75, 3.05) is 11.9 Å². The molecule has 0 atom stereocenters. The Bertz CT molecular complexity index is 1920. The Morgan fingerprint density at radius 2 is 1.54 bits per heavy atom. The number of rotatable bonds is 13. The number of aromatic nitrogens is 2. The number of sulfonamides is 1. The van der Waals surface area contributed by atoms with E-state index in [4.69, 9.17) is 4.98 Å². The first kappa shape index (κ1) is 32.4. The number of carbonyl (C=O) groups excluding carboxylic acids is 2. The maximum atomic E-state index is 13.2. The van der Waals surface area contributed by atoms with Crippen molar-refractivity contribution < 1.29 is 18.0 Å². The third-order valence-electron chi connectivity index (χ3n) is 7.71. The fourth-order valence-corrected chi connectivity index (χ4v) is 6.24. The second-order valence-corrected chi connectivity index (χ2v) is 12.8. The average molecular weight is 638 g/mol.